The zero-order valence-corrected chi connectivity index (χ0v) is 12.4. The van der Waals surface area contributed by atoms with Gasteiger partial charge in [-0.05, 0) is 40.7 Å². The van der Waals surface area contributed by atoms with Crippen LogP contribution >= 0.6 is 27.5 Å². The SMILES string of the molecule is CCNCCc1ncc(-c2ccc(Cl)c(Br)c2)o1. The highest BCUT2D eigenvalue weighted by atomic mass is 79.9. The van der Waals surface area contributed by atoms with Gasteiger partial charge in [0, 0.05) is 23.0 Å². The highest BCUT2D eigenvalue weighted by Gasteiger charge is 2.07. The Hall–Kier alpha value is -0.840. The van der Waals surface area contributed by atoms with Gasteiger partial charge in [-0.2, -0.15) is 0 Å². The first-order chi connectivity index (χ1) is 8.70. The average molecular weight is 330 g/mol. The predicted molar refractivity (Wildman–Crippen MR) is 76.9 cm³/mol. The maximum atomic E-state index is 5.96. The van der Waals surface area contributed by atoms with Crippen LogP contribution in [0, 0.1) is 0 Å². The molecule has 0 amide bonds. The summed E-state index contributed by atoms with van der Waals surface area (Å²) in [5.41, 5.74) is 0.966. The van der Waals surface area contributed by atoms with E-state index in [4.69, 9.17) is 16.0 Å². The Morgan fingerprint density at radius 2 is 2.28 bits per heavy atom. The number of hydrogen-bond donors (Lipinski definition) is 1. The largest absolute Gasteiger partial charge is 0.441 e. The zero-order chi connectivity index (χ0) is 13.0. The highest BCUT2D eigenvalue weighted by Crippen LogP contribution is 2.29. The molecule has 5 heteroatoms. The van der Waals surface area contributed by atoms with Gasteiger partial charge in [-0.1, -0.05) is 18.5 Å². The number of likely N-dealkylation sites (N-methyl/N-ethyl adjacent to an activating group) is 1. The quantitative estimate of drug-likeness (QED) is 0.845. The van der Waals surface area contributed by atoms with E-state index < -0.39 is 0 Å². The van der Waals surface area contributed by atoms with Gasteiger partial charge in [-0.25, -0.2) is 4.98 Å². The second-order valence-corrected chi connectivity index (χ2v) is 5.11. The predicted octanol–water partition coefficient (Wildman–Crippen LogP) is 3.91. The van der Waals surface area contributed by atoms with E-state index in [0.29, 0.717) is 5.02 Å². The summed E-state index contributed by atoms with van der Waals surface area (Å²) in [5.74, 6) is 1.51. The molecule has 0 radical (unpaired) electrons. The van der Waals surface area contributed by atoms with Gasteiger partial charge in [0.25, 0.3) is 0 Å². The topological polar surface area (TPSA) is 38.1 Å². The van der Waals surface area contributed by atoms with Crippen LogP contribution in [0.2, 0.25) is 5.02 Å². The van der Waals surface area contributed by atoms with Crippen LogP contribution in [-0.4, -0.2) is 18.1 Å². The summed E-state index contributed by atoms with van der Waals surface area (Å²) in [6, 6.07) is 5.68. The first-order valence-electron chi connectivity index (χ1n) is 5.81. The molecule has 0 atom stereocenters. The number of rotatable bonds is 5. The van der Waals surface area contributed by atoms with Gasteiger partial charge in [0.2, 0.25) is 0 Å². The van der Waals surface area contributed by atoms with Crippen molar-refractivity contribution in [2.24, 2.45) is 0 Å². The molecule has 0 aliphatic heterocycles. The summed E-state index contributed by atoms with van der Waals surface area (Å²) >= 11 is 9.35. The van der Waals surface area contributed by atoms with Crippen LogP contribution in [0.15, 0.2) is 33.3 Å². The van der Waals surface area contributed by atoms with E-state index >= 15 is 0 Å². The van der Waals surface area contributed by atoms with Crippen LogP contribution in [0.4, 0.5) is 0 Å². The van der Waals surface area contributed by atoms with Crippen molar-refractivity contribution < 1.29 is 4.42 Å². The molecule has 2 aromatic rings. The molecule has 0 aliphatic rings. The molecule has 1 aromatic carbocycles. The van der Waals surface area contributed by atoms with Gasteiger partial charge in [-0.3, -0.25) is 0 Å². The molecule has 18 heavy (non-hydrogen) atoms. The van der Waals surface area contributed by atoms with Gasteiger partial charge in [0.05, 0.1) is 11.2 Å². The maximum Gasteiger partial charge on any atom is 0.196 e. The normalized spacial score (nSPS) is 10.8. The molecule has 0 fully saturated rings. The number of hydrogen-bond acceptors (Lipinski definition) is 3. The van der Waals surface area contributed by atoms with Gasteiger partial charge in [0.15, 0.2) is 11.7 Å². The van der Waals surface area contributed by atoms with E-state index in [9.17, 15) is 0 Å². The highest BCUT2D eigenvalue weighted by molar-refractivity contribution is 9.10. The molecule has 0 aliphatic carbocycles. The van der Waals surface area contributed by atoms with Gasteiger partial charge < -0.3 is 9.73 Å². The van der Waals surface area contributed by atoms with Gasteiger partial charge in [0.1, 0.15) is 0 Å². The molecule has 0 saturated heterocycles. The van der Waals surface area contributed by atoms with Crippen molar-refractivity contribution in [1.82, 2.24) is 10.3 Å². The molecule has 0 unspecified atom stereocenters. The third kappa shape index (κ3) is 3.34. The lowest BCUT2D eigenvalue weighted by molar-refractivity contribution is 0.497. The second-order valence-electron chi connectivity index (χ2n) is 3.85. The van der Waals surface area contributed by atoms with E-state index in [1.165, 1.54) is 0 Å². The second kappa shape index (κ2) is 6.36. The fourth-order valence-electron chi connectivity index (χ4n) is 1.58. The van der Waals surface area contributed by atoms with Gasteiger partial charge in [-0.15, -0.1) is 0 Å². The lowest BCUT2D eigenvalue weighted by Gasteiger charge is -2.00. The molecule has 96 valence electrons. The Labute approximate surface area is 120 Å². The molecule has 0 spiro atoms. The summed E-state index contributed by atoms with van der Waals surface area (Å²) in [5, 5.41) is 3.92. The fraction of sp³-hybridized carbons (Fsp3) is 0.308. The summed E-state index contributed by atoms with van der Waals surface area (Å²) < 4.78 is 6.55. The van der Waals surface area contributed by atoms with Crippen molar-refractivity contribution in [3.8, 4) is 11.3 Å². The molecular weight excluding hydrogens is 316 g/mol. The number of aromatic nitrogens is 1. The zero-order valence-electron chi connectivity index (χ0n) is 10.0. The van der Waals surface area contributed by atoms with E-state index in [2.05, 4.69) is 33.2 Å². The lowest BCUT2D eigenvalue weighted by atomic mass is 10.2. The Balaban J connectivity index is 2.11. The first kappa shape index (κ1) is 13.6. The first-order valence-corrected chi connectivity index (χ1v) is 6.98. The summed E-state index contributed by atoms with van der Waals surface area (Å²) in [6.45, 7) is 3.91. The number of benzene rings is 1. The minimum atomic E-state index is 0.686. The molecule has 1 N–H and O–H groups in total. The van der Waals surface area contributed by atoms with Crippen LogP contribution < -0.4 is 5.32 Å². The summed E-state index contributed by atoms with van der Waals surface area (Å²) in [4.78, 5) is 4.26. The monoisotopic (exact) mass is 328 g/mol. The van der Waals surface area contributed by atoms with Crippen LogP contribution in [0.1, 0.15) is 12.8 Å². The van der Waals surface area contributed by atoms with Crippen molar-refractivity contribution in [3.05, 3.63) is 39.8 Å². The van der Waals surface area contributed by atoms with Gasteiger partial charge >= 0.3 is 0 Å². The van der Waals surface area contributed by atoms with Crippen molar-refractivity contribution in [2.75, 3.05) is 13.1 Å². The molecule has 0 bridgehead atoms. The lowest BCUT2D eigenvalue weighted by Crippen LogP contribution is -2.16. The molecule has 0 saturated carbocycles. The molecule has 2 rings (SSSR count). The van der Waals surface area contributed by atoms with E-state index in [0.717, 1.165) is 41.2 Å². The molecule has 1 aromatic heterocycles. The minimum Gasteiger partial charge on any atom is -0.441 e. The molecule has 1 heterocycles. The standard InChI is InChI=1S/C13H14BrClN2O/c1-2-16-6-5-13-17-8-12(18-13)9-3-4-11(15)10(14)7-9/h3-4,7-8,16H,2,5-6H2,1H3. The molecular formula is C13H14BrClN2O. The molecule has 3 nitrogen and oxygen atoms in total. The van der Waals surface area contributed by atoms with E-state index in [1.54, 1.807) is 6.20 Å². The van der Waals surface area contributed by atoms with E-state index in [-0.39, 0.29) is 0 Å². The summed E-state index contributed by atoms with van der Waals surface area (Å²) in [7, 11) is 0. The van der Waals surface area contributed by atoms with Crippen molar-refractivity contribution in [1.29, 1.82) is 0 Å². The fourth-order valence-corrected chi connectivity index (χ4v) is 2.08. The third-order valence-corrected chi connectivity index (χ3v) is 3.74. The Kier molecular flexibility index (Phi) is 4.80. The Morgan fingerprint density at radius 3 is 3.00 bits per heavy atom. The summed E-state index contributed by atoms with van der Waals surface area (Å²) in [6.07, 6.45) is 2.54. The Bertz CT molecular complexity index is 527. The maximum absolute atomic E-state index is 5.96. The van der Waals surface area contributed by atoms with Crippen LogP contribution in [0.3, 0.4) is 0 Å². The smallest absolute Gasteiger partial charge is 0.196 e. The van der Waals surface area contributed by atoms with Crippen molar-refractivity contribution >= 4 is 27.5 Å². The number of oxazole rings is 1. The number of halogens is 2. The van der Waals surface area contributed by atoms with Crippen LogP contribution in [0.5, 0.6) is 0 Å². The Morgan fingerprint density at radius 1 is 1.44 bits per heavy atom. The van der Waals surface area contributed by atoms with Crippen LogP contribution in [0.25, 0.3) is 11.3 Å². The van der Waals surface area contributed by atoms with Crippen molar-refractivity contribution in [2.45, 2.75) is 13.3 Å². The van der Waals surface area contributed by atoms with Crippen molar-refractivity contribution in [3.63, 3.8) is 0 Å². The average Bonchev–Trinajstić information content (AvgIpc) is 2.82. The third-order valence-electron chi connectivity index (χ3n) is 2.52. The van der Waals surface area contributed by atoms with Crippen LogP contribution in [-0.2, 0) is 6.42 Å². The number of nitrogens with zero attached hydrogens (tertiary/aromatic N) is 1. The minimum absolute atomic E-state index is 0.686. The van der Waals surface area contributed by atoms with E-state index in [1.807, 2.05) is 18.2 Å². The number of nitrogens with one attached hydrogen (secondary N) is 1.